The first-order valence-electron chi connectivity index (χ1n) is 9.11. The highest BCUT2D eigenvalue weighted by molar-refractivity contribution is 7.83. The quantitative estimate of drug-likeness (QED) is 0.657. The molecular weight excluding hydrogens is 348 g/mol. The molecule has 4 rings (SSSR count). The summed E-state index contributed by atoms with van der Waals surface area (Å²) in [5.41, 5.74) is 2.22. The van der Waals surface area contributed by atoms with E-state index in [4.69, 9.17) is 0 Å². The molecule has 5 nitrogen and oxygen atoms in total. The number of hydrogen-bond acceptors (Lipinski definition) is 3. The molecule has 136 valence electrons. The highest BCUT2D eigenvalue weighted by atomic mass is 32.2. The van der Waals surface area contributed by atoms with Crippen molar-refractivity contribution in [3.05, 3.63) is 69.8 Å². The fourth-order valence-corrected chi connectivity index (χ4v) is 5.69. The molecule has 0 amide bonds. The summed E-state index contributed by atoms with van der Waals surface area (Å²) in [6, 6.07) is 15.0. The van der Waals surface area contributed by atoms with Crippen molar-refractivity contribution in [2.75, 3.05) is 0 Å². The Kier molecular flexibility index (Phi) is 4.87. The lowest BCUT2D eigenvalue weighted by molar-refractivity contribution is -0.385. The highest BCUT2D eigenvalue weighted by Crippen LogP contribution is 2.41. The van der Waals surface area contributed by atoms with Crippen LogP contribution in [0.1, 0.15) is 30.4 Å². The molecule has 0 aliphatic heterocycles. The number of hydrogen-bond donors (Lipinski definition) is 1. The SMILES string of the molecule is O=[N+]([O-])c1cccc2c1CC1CCC(CC2)C1NS(=O)c1ccccc1. The molecule has 1 N–H and O–H groups in total. The van der Waals surface area contributed by atoms with E-state index in [1.54, 1.807) is 12.1 Å². The molecule has 0 radical (unpaired) electrons. The summed E-state index contributed by atoms with van der Waals surface area (Å²) >= 11 is 0. The Bertz CT molecular complexity index is 840. The first-order valence-corrected chi connectivity index (χ1v) is 10.3. The van der Waals surface area contributed by atoms with Gasteiger partial charge in [-0.2, -0.15) is 0 Å². The number of nitrogens with zero attached hydrogens (tertiary/aromatic N) is 1. The van der Waals surface area contributed by atoms with Crippen LogP contribution in [0.3, 0.4) is 0 Å². The van der Waals surface area contributed by atoms with Crippen molar-refractivity contribution in [1.29, 1.82) is 0 Å². The Labute approximate surface area is 155 Å². The standard InChI is InChI=1S/C20H22N2O3S/c23-22(24)19-8-4-5-14-9-10-15-11-12-16(13-18(14)19)20(15)21-26(25)17-6-2-1-3-7-17/h1-8,15-16,20-21H,9-13H2. The average Bonchev–Trinajstić information content (AvgIpc) is 3.05. The van der Waals surface area contributed by atoms with Crippen LogP contribution in [0.15, 0.2) is 53.4 Å². The van der Waals surface area contributed by atoms with Gasteiger partial charge in [0.25, 0.3) is 5.69 Å². The molecule has 4 unspecified atom stereocenters. The number of fused-ring (bicyclic) bond motifs is 3. The Morgan fingerprint density at radius 1 is 1.00 bits per heavy atom. The van der Waals surface area contributed by atoms with E-state index in [0.29, 0.717) is 12.3 Å². The summed E-state index contributed by atoms with van der Waals surface area (Å²) in [6.07, 6.45) is 4.64. The van der Waals surface area contributed by atoms with Crippen molar-refractivity contribution in [2.45, 2.75) is 43.0 Å². The molecule has 6 heteroatoms. The second-order valence-corrected chi connectivity index (χ2v) is 8.48. The van der Waals surface area contributed by atoms with E-state index in [1.807, 2.05) is 36.4 Å². The van der Waals surface area contributed by atoms with E-state index in [-0.39, 0.29) is 22.6 Å². The van der Waals surface area contributed by atoms with E-state index in [2.05, 4.69) is 4.72 Å². The number of nitrogens with one attached hydrogen (secondary N) is 1. The summed E-state index contributed by atoms with van der Waals surface area (Å²) in [6.45, 7) is 0. The van der Waals surface area contributed by atoms with E-state index in [0.717, 1.165) is 41.7 Å². The molecule has 1 saturated carbocycles. The fourth-order valence-electron chi connectivity index (χ4n) is 4.52. The second-order valence-electron chi connectivity index (χ2n) is 7.24. The fraction of sp³-hybridized carbons (Fsp3) is 0.400. The number of benzene rings is 2. The van der Waals surface area contributed by atoms with Crippen LogP contribution >= 0.6 is 0 Å². The van der Waals surface area contributed by atoms with E-state index in [1.165, 1.54) is 0 Å². The van der Waals surface area contributed by atoms with Gasteiger partial charge in [-0.25, -0.2) is 8.93 Å². The zero-order chi connectivity index (χ0) is 18.1. The lowest BCUT2D eigenvalue weighted by atomic mass is 9.83. The summed E-state index contributed by atoms with van der Waals surface area (Å²) in [4.78, 5) is 12.0. The van der Waals surface area contributed by atoms with Crippen molar-refractivity contribution < 1.29 is 9.13 Å². The van der Waals surface area contributed by atoms with Gasteiger partial charge < -0.3 is 0 Å². The van der Waals surface area contributed by atoms with Gasteiger partial charge in [0.2, 0.25) is 0 Å². The van der Waals surface area contributed by atoms with Crippen LogP contribution in [0.4, 0.5) is 5.69 Å². The molecular formula is C20H22N2O3S. The molecule has 4 atom stereocenters. The predicted octanol–water partition coefficient (Wildman–Crippen LogP) is 3.79. The first kappa shape index (κ1) is 17.4. The number of aryl methyl sites for hydroxylation is 1. The number of rotatable bonds is 4. The van der Waals surface area contributed by atoms with Crippen molar-refractivity contribution in [3.8, 4) is 0 Å². The monoisotopic (exact) mass is 370 g/mol. The van der Waals surface area contributed by atoms with Gasteiger partial charge >= 0.3 is 0 Å². The third-order valence-corrected chi connectivity index (χ3v) is 7.01. The maximum atomic E-state index is 12.7. The third kappa shape index (κ3) is 3.31. The molecule has 0 spiro atoms. The minimum atomic E-state index is -1.25. The number of nitro benzene ring substituents is 1. The van der Waals surface area contributed by atoms with Crippen LogP contribution in [-0.2, 0) is 23.8 Å². The zero-order valence-electron chi connectivity index (χ0n) is 14.5. The van der Waals surface area contributed by atoms with Crippen molar-refractivity contribution in [3.63, 3.8) is 0 Å². The van der Waals surface area contributed by atoms with Crippen LogP contribution < -0.4 is 4.72 Å². The third-order valence-electron chi connectivity index (χ3n) is 5.82. The highest BCUT2D eigenvalue weighted by Gasteiger charge is 2.39. The Morgan fingerprint density at radius 3 is 2.54 bits per heavy atom. The van der Waals surface area contributed by atoms with Gasteiger partial charge in [-0.1, -0.05) is 30.3 Å². The van der Waals surface area contributed by atoms with Crippen molar-refractivity contribution >= 4 is 16.7 Å². The van der Waals surface area contributed by atoms with Crippen LogP contribution in [0.25, 0.3) is 0 Å². The summed E-state index contributed by atoms with van der Waals surface area (Å²) in [5, 5.41) is 11.5. The van der Waals surface area contributed by atoms with Crippen molar-refractivity contribution in [2.24, 2.45) is 11.8 Å². The average molecular weight is 370 g/mol. The lowest BCUT2D eigenvalue weighted by Gasteiger charge is -2.29. The first-order chi connectivity index (χ1) is 12.6. The summed E-state index contributed by atoms with van der Waals surface area (Å²) < 4.78 is 16.1. The molecule has 2 aromatic carbocycles. The smallest absolute Gasteiger partial charge is 0.258 e. The molecule has 0 aromatic heterocycles. The topological polar surface area (TPSA) is 72.2 Å². The molecule has 2 aliphatic rings. The van der Waals surface area contributed by atoms with Crippen LogP contribution in [0.5, 0.6) is 0 Å². The molecule has 0 saturated heterocycles. The Morgan fingerprint density at radius 2 is 1.77 bits per heavy atom. The number of nitro groups is 1. The van der Waals surface area contributed by atoms with Crippen LogP contribution in [-0.4, -0.2) is 15.2 Å². The second kappa shape index (κ2) is 7.29. The van der Waals surface area contributed by atoms with Crippen molar-refractivity contribution in [1.82, 2.24) is 4.72 Å². The van der Waals surface area contributed by atoms with Gasteiger partial charge in [-0.05, 0) is 61.6 Å². The Balaban J connectivity index is 1.60. The predicted molar refractivity (Wildman–Crippen MR) is 101 cm³/mol. The normalized spacial score (nSPS) is 25.8. The summed E-state index contributed by atoms with van der Waals surface area (Å²) in [7, 11) is -1.25. The van der Waals surface area contributed by atoms with Gasteiger partial charge in [0.05, 0.1) is 9.82 Å². The molecule has 2 aromatic rings. The summed E-state index contributed by atoms with van der Waals surface area (Å²) in [5.74, 6) is 0.757. The molecule has 26 heavy (non-hydrogen) atoms. The van der Waals surface area contributed by atoms with Gasteiger partial charge in [-0.15, -0.1) is 0 Å². The van der Waals surface area contributed by atoms with Gasteiger partial charge in [-0.3, -0.25) is 10.1 Å². The largest absolute Gasteiger partial charge is 0.272 e. The minimum absolute atomic E-state index is 0.143. The molecule has 0 heterocycles. The maximum absolute atomic E-state index is 12.7. The van der Waals surface area contributed by atoms with E-state index < -0.39 is 11.0 Å². The Hall–Kier alpha value is -2.05. The van der Waals surface area contributed by atoms with Gasteiger partial charge in [0.15, 0.2) is 0 Å². The molecule has 1 fully saturated rings. The zero-order valence-corrected chi connectivity index (χ0v) is 15.3. The van der Waals surface area contributed by atoms with E-state index >= 15 is 0 Å². The molecule has 2 aliphatic carbocycles. The van der Waals surface area contributed by atoms with Crippen LogP contribution in [0, 0.1) is 22.0 Å². The maximum Gasteiger partial charge on any atom is 0.272 e. The van der Waals surface area contributed by atoms with Gasteiger partial charge in [0, 0.05) is 17.7 Å². The minimum Gasteiger partial charge on any atom is -0.258 e. The van der Waals surface area contributed by atoms with E-state index in [9.17, 15) is 14.3 Å². The van der Waals surface area contributed by atoms with Crippen LogP contribution in [0.2, 0.25) is 0 Å². The van der Waals surface area contributed by atoms with Gasteiger partial charge in [0.1, 0.15) is 11.0 Å². The lowest BCUT2D eigenvalue weighted by Crippen LogP contribution is -2.40. The molecule has 2 bridgehead atoms.